The molecular weight excluding hydrogens is 344 g/mol. The van der Waals surface area contributed by atoms with Crippen molar-refractivity contribution in [1.29, 1.82) is 0 Å². The number of benzene rings is 1. The summed E-state index contributed by atoms with van der Waals surface area (Å²) in [7, 11) is 0. The minimum Gasteiger partial charge on any atom is -0.352 e. The second-order valence-corrected chi connectivity index (χ2v) is 5.61. The molecule has 0 unspecified atom stereocenters. The number of rotatable bonds is 5. The van der Waals surface area contributed by atoms with Gasteiger partial charge in [0.1, 0.15) is 4.47 Å². The van der Waals surface area contributed by atoms with Crippen LogP contribution >= 0.6 is 27.3 Å². The fraction of sp³-hybridized carbons (Fsp3) is 0.154. The maximum atomic E-state index is 12.0. The maximum absolute atomic E-state index is 12.0. The van der Waals surface area contributed by atoms with Crippen molar-refractivity contribution in [1.82, 2.24) is 5.32 Å². The zero-order valence-electron chi connectivity index (χ0n) is 10.3. The first-order valence-corrected chi connectivity index (χ1v) is 7.55. The third kappa shape index (κ3) is 3.43. The molecule has 1 N–H and O–H groups in total. The lowest BCUT2D eigenvalue weighted by molar-refractivity contribution is -0.385. The number of thiophene rings is 1. The van der Waals surface area contributed by atoms with E-state index in [-0.39, 0.29) is 21.6 Å². The third-order valence-electron chi connectivity index (χ3n) is 2.70. The molecule has 1 aromatic carbocycles. The van der Waals surface area contributed by atoms with Gasteiger partial charge in [0.25, 0.3) is 11.6 Å². The Labute approximate surface area is 127 Å². The van der Waals surface area contributed by atoms with E-state index in [9.17, 15) is 14.9 Å². The highest BCUT2D eigenvalue weighted by Gasteiger charge is 2.18. The van der Waals surface area contributed by atoms with Gasteiger partial charge in [-0.25, -0.2) is 0 Å². The number of nitro benzene ring substituents is 1. The highest BCUT2D eigenvalue weighted by Crippen LogP contribution is 2.28. The van der Waals surface area contributed by atoms with Crippen molar-refractivity contribution in [3.05, 3.63) is 60.7 Å². The van der Waals surface area contributed by atoms with Crippen LogP contribution in [0.15, 0.2) is 39.5 Å². The molecule has 1 heterocycles. The number of carbonyl (C=O) groups is 1. The van der Waals surface area contributed by atoms with Gasteiger partial charge in [-0.15, -0.1) is 0 Å². The molecule has 2 aromatic rings. The first-order chi connectivity index (χ1) is 9.59. The molecule has 2 rings (SSSR count). The smallest absolute Gasteiger partial charge is 0.284 e. The summed E-state index contributed by atoms with van der Waals surface area (Å²) >= 11 is 4.72. The standard InChI is InChI=1S/C13H11BrN2O3S/c14-12-10(2-1-3-11(12)16(18)19)13(17)15-6-4-9-5-7-20-8-9/h1-3,5,7-8H,4,6H2,(H,15,17). The first kappa shape index (κ1) is 14.7. The minimum absolute atomic E-state index is 0.115. The summed E-state index contributed by atoms with van der Waals surface area (Å²) in [5.74, 6) is -0.323. The van der Waals surface area contributed by atoms with Crippen LogP contribution in [0.25, 0.3) is 0 Å². The zero-order chi connectivity index (χ0) is 14.5. The first-order valence-electron chi connectivity index (χ1n) is 5.82. The highest BCUT2D eigenvalue weighted by atomic mass is 79.9. The summed E-state index contributed by atoms with van der Waals surface area (Å²) in [5, 5.41) is 17.6. The molecular formula is C13H11BrN2O3S. The number of amides is 1. The van der Waals surface area contributed by atoms with Crippen molar-refractivity contribution in [2.45, 2.75) is 6.42 Å². The van der Waals surface area contributed by atoms with Crippen molar-refractivity contribution in [2.75, 3.05) is 6.54 Å². The van der Waals surface area contributed by atoms with Gasteiger partial charge in [-0.05, 0) is 50.8 Å². The van der Waals surface area contributed by atoms with E-state index in [1.807, 2.05) is 16.8 Å². The van der Waals surface area contributed by atoms with Crippen LogP contribution in [0.5, 0.6) is 0 Å². The number of hydrogen-bond acceptors (Lipinski definition) is 4. The van der Waals surface area contributed by atoms with Gasteiger partial charge in [-0.3, -0.25) is 14.9 Å². The largest absolute Gasteiger partial charge is 0.352 e. The summed E-state index contributed by atoms with van der Waals surface area (Å²) in [6.45, 7) is 0.491. The number of nitro groups is 1. The van der Waals surface area contributed by atoms with E-state index in [1.54, 1.807) is 17.4 Å². The molecule has 1 aromatic heterocycles. The average Bonchev–Trinajstić information content (AvgIpc) is 2.91. The molecule has 104 valence electrons. The molecule has 0 saturated carbocycles. The molecule has 20 heavy (non-hydrogen) atoms. The van der Waals surface area contributed by atoms with Crippen molar-refractivity contribution in [2.24, 2.45) is 0 Å². The molecule has 0 fully saturated rings. The number of nitrogens with one attached hydrogen (secondary N) is 1. The van der Waals surface area contributed by atoms with Gasteiger partial charge < -0.3 is 5.32 Å². The Morgan fingerprint density at radius 1 is 1.40 bits per heavy atom. The third-order valence-corrected chi connectivity index (χ3v) is 4.26. The topological polar surface area (TPSA) is 72.2 Å². The van der Waals surface area contributed by atoms with Gasteiger partial charge in [0.2, 0.25) is 0 Å². The summed E-state index contributed by atoms with van der Waals surface area (Å²) < 4.78 is 0.207. The lowest BCUT2D eigenvalue weighted by atomic mass is 10.2. The number of carbonyl (C=O) groups excluding carboxylic acids is 1. The van der Waals surface area contributed by atoms with Crippen molar-refractivity contribution >= 4 is 38.9 Å². The molecule has 0 saturated heterocycles. The van der Waals surface area contributed by atoms with E-state index in [1.165, 1.54) is 12.1 Å². The molecule has 7 heteroatoms. The zero-order valence-corrected chi connectivity index (χ0v) is 12.7. The van der Waals surface area contributed by atoms with Crippen molar-refractivity contribution in [3.63, 3.8) is 0 Å². The second-order valence-electron chi connectivity index (χ2n) is 4.03. The molecule has 0 spiro atoms. The van der Waals surface area contributed by atoms with Gasteiger partial charge >= 0.3 is 0 Å². The van der Waals surface area contributed by atoms with E-state index in [0.29, 0.717) is 6.54 Å². The van der Waals surface area contributed by atoms with E-state index in [4.69, 9.17) is 0 Å². The summed E-state index contributed by atoms with van der Waals surface area (Å²) in [5.41, 5.74) is 1.31. The van der Waals surface area contributed by atoms with E-state index < -0.39 is 4.92 Å². The van der Waals surface area contributed by atoms with Crippen LogP contribution in [-0.2, 0) is 6.42 Å². The predicted molar refractivity (Wildman–Crippen MR) is 81.2 cm³/mol. The lowest BCUT2D eigenvalue weighted by Crippen LogP contribution is -2.26. The average molecular weight is 355 g/mol. The van der Waals surface area contributed by atoms with Crippen molar-refractivity contribution < 1.29 is 9.72 Å². The Bertz CT molecular complexity index is 629. The molecule has 0 atom stereocenters. The molecule has 0 aliphatic rings. The van der Waals surface area contributed by atoms with E-state index >= 15 is 0 Å². The van der Waals surface area contributed by atoms with E-state index in [2.05, 4.69) is 21.2 Å². The van der Waals surface area contributed by atoms with E-state index in [0.717, 1.165) is 12.0 Å². The fourth-order valence-corrected chi connectivity index (χ4v) is 2.98. The minimum atomic E-state index is -0.522. The van der Waals surface area contributed by atoms with Gasteiger partial charge in [-0.1, -0.05) is 6.07 Å². The fourth-order valence-electron chi connectivity index (χ4n) is 1.69. The van der Waals surface area contributed by atoms with Crippen LogP contribution < -0.4 is 5.32 Å². The van der Waals surface area contributed by atoms with Crippen LogP contribution in [-0.4, -0.2) is 17.4 Å². The summed E-state index contributed by atoms with van der Waals surface area (Å²) in [4.78, 5) is 22.3. The Morgan fingerprint density at radius 2 is 2.20 bits per heavy atom. The molecule has 0 aliphatic heterocycles. The number of nitrogens with zero attached hydrogens (tertiary/aromatic N) is 1. The highest BCUT2D eigenvalue weighted by molar-refractivity contribution is 9.10. The number of halogens is 1. The number of hydrogen-bond donors (Lipinski definition) is 1. The van der Waals surface area contributed by atoms with Crippen LogP contribution in [0.3, 0.4) is 0 Å². The normalized spacial score (nSPS) is 10.2. The van der Waals surface area contributed by atoms with Crippen LogP contribution in [0.2, 0.25) is 0 Å². The van der Waals surface area contributed by atoms with Gasteiger partial charge in [0.15, 0.2) is 0 Å². The maximum Gasteiger partial charge on any atom is 0.284 e. The van der Waals surface area contributed by atoms with Crippen LogP contribution in [0.4, 0.5) is 5.69 Å². The quantitative estimate of drug-likeness (QED) is 0.660. The molecule has 5 nitrogen and oxygen atoms in total. The molecule has 0 bridgehead atoms. The van der Waals surface area contributed by atoms with Crippen LogP contribution in [0, 0.1) is 10.1 Å². The van der Waals surface area contributed by atoms with Crippen molar-refractivity contribution in [3.8, 4) is 0 Å². The molecule has 0 aliphatic carbocycles. The monoisotopic (exact) mass is 354 g/mol. The van der Waals surface area contributed by atoms with Gasteiger partial charge in [0.05, 0.1) is 10.5 Å². The summed E-state index contributed by atoms with van der Waals surface area (Å²) in [6, 6.07) is 6.40. The Morgan fingerprint density at radius 3 is 2.85 bits per heavy atom. The lowest BCUT2D eigenvalue weighted by Gasteiger charge is -2.06. The Balaban J connectivity index is 2.02. The predicted octanol–water partition coefficient (Wildman–Crippen LogP) is 3.39. The Kier molecular flexibility index (Phi) is 4.86. The molecule has 1 amide bonds. The summed E-state index contributed by atoms with van der Waals surface area (Å²) in [6.07, 6.45) is 0.738. The van der Waals surface area contributed by atoms with Gasteiger partial charge in [-0.2, -0.15) is 11.3 Å². The molecule has 0 radical (unpaired) electrons. The van der Waals surface area contributed by atoms with Crippen LogP contribution in [0.1, 0.15) is 15.9 Å². The van der Waals surface area contributed by atoms with Gasteiger partial charge in [0, 0.05) is 12.6 Å². The second kappa shape index (κ2) is 6.62. The SMILES string of the molecule is O=C(NCCc1ccsc1)c1cccc([N+](=O)[O-])c1Br. The Hall–Kier alpha value is -1.73.